The van der Waals surface area contributed by atoms with Crippen molar-refractivity contribution in [2.45, 2.75) is 38.6 Å². The minimum Gasteiger partial charge on any atom is -0.314 e. The van der Waals surface area contributed by atoms with E-state index in [1.54, 1.807) is 0 Å². The van der Waals surface area contributed by atoms with Gasteiger partial charge in [0.2, 0.25) is 0 Å². The Labute approximate surface area is 84.7 Å². The van der Waals surface area contributed by atoms with Gasteiger partial charge in [0, 0.05) is 32.5 Å². The van der Waals surface area contributed by atoms with Crippen molar-refractivity contribution in [1.29, 1.82) is 0 Å². The van der Waals surface area contributed by atoms with Crippen LogP contribution in [0.25, 0.3) is 0 Å². The van der Waals surface area contributed by atoms with E-state index < -0.39 is 0 Å². The molecule has 1 heterocycles. The highest BCUT2D eigenvalue weighted by Gasteiger charge is 2.19. The Kier molecular flexibility index (Phi) is 2.82. The third kappa shape index (κ3) is 2.32. The Bertz CT molecular complexity index is 301. The van der Waals surface area contributed by atoms with Gasteiger partial charge < -0.3 is 5.32 Å². The zero-order chi connectivity index (χ0) is 9.97. The highest BCUT2D eigenvalue weighted by molar-refractivity contribution is 4.93. The summed E-state index contributed by atoms with van der Waals surface area (Å²) in [4.78, 5) is 4.46. The van der Waals surface area contributed by atoms with E-state index in [-0.39, 0.29) is 0 Å². The monoisotopic (exact) mass is 194 g/mol. The fraction of sp³-hybridized carbons (Fsp3) is 0.800. The molecule has 0 atom stereocenters. The van der Waals surface area contributed by atoms with Gasteiger partial charge in [-0.25, -0.2) is 4.98 Å². The maximum absolute atomic E-state index is 4.46. The molecule has 14 heavy (non-hydrogen) atoms. The molecule has 0 amide bonds. The molecule has 1 aliphatic carbocycles. The van der Waals surface area contributed by atoms with E-state index in [0.29, 0.717) is 0 Å². The summed E-state index contributed by atoms with van der Waals surface area (Å²) in [6.07, 6.45) is 4.60. The summed E-state index contributed by atoms with van der Waals surface area (Å²) >= 11 is 0. The van der Waals surface area contributed by atoms with E-state index in [1.807, 2.05) is 11.7 Å². The first-order valence-electron chi connectivity index (χ1n) is 5.41. The standard InChI is InChI=1S/C10H18N4/c1-3-9-12-10(14(2)13-9)6-7-11-8-4-5-8/h8,11H,3-7H2,1-2H3. The first kappa shape index (κ1) is 9.65. The first-order chi connectivity index (χ1) is 6.79. The average molecular weight is 194 g/mol. The molecule has 0 spiro atoms. The van der Waals surface area contributed by atoms with Crippen LogP contribution in [-0.4, -0.2) is 27.4 Å². The van der Waals surface area contributed by atoms with Crippen LogP contribution in [0.2, 0.25) is 0 Å². The third-order valence-electron chi connectivity index (χ3n) is 2.57. The number of hydrogen-bond acceptors (Lipinski definition) is 3. The predicted molar refractivity (Wildman–Crippen MR) is 55.1 cm³/mol. The predicted octanol–water partition coefficient (Wildman–Crippen LogP) is 0.672. The van der Waals surface area contributed by atoms with Crippen LogP contribution in [0.5, 0.6) is 0 Å². The van der Waals surface area contributed by atoms with Crippen LogP contribution >= 0.6 is 0 Å². The van der Waals surface area contributed by atoms with Crippen LogP contribution in [0.4, 0.5) is 0 Å². The minimum absolute atomic E-state index is 0.786. The molecular formula is C10H18N4. The van der Waals surface area contributed by atoms with Crippen molar-refractivity contribution in [3.8, 4) is 0 Å². The van der Waals surface area contributed by atoms with Gasteiger partial charge in [-0.3, -0.25) is 4.68 Å². The zero-order valence-electron chi connectivity index (χ0n) is 8.95. The fourth-order valence-electron chi connectivity index (χ4n) is 1.52. The van der Waals surface area contributed by atoms with Gasteiger partial charge in [-0.05, 0) is 12.8 Å². The number of nitrogens with zero attached hydrogens (tertiary/aromatic N) is 3. The van der Waals surface area contributed by atoms with Crippen LogP contribution in [0.1, 0.15) is 31.4 Å². The molecule has 4 nitrogen and oxygen atoms in total. The number of rotatable bonds is 5. The highest BCUT2D eigenvalue weighted by atomic mass is 15.3. The second-order valence-corrected chi connectivity index (χ2v) is 3.90. The van der Waals surface area contributed by atoms with Gasteiger partial charge in [0.05, 0.1) is 0 Å². The molecule has 1 aromatic heterocycles. The van der Waals surface area contributed by atoms with Gasteiger partial charge in [-0.1, -0.05) is 6.92 Å². The smallest absolute Gasteiger partial charge is 0.150 e. The molecule has 0 unspecified atom stereocenters. The van der Waals surface area contributed by atoms with Crippen molar-refractivity contribution in [3.63, 3.8) is 0 Å². The molecule has 0 aromatic carbocycles. The van der Waals surface area contributed by atoms with Gasteiger partial charge in [-0.15, -0.1) is 0 Å². The Balaban J connectivity index is 1.83. The van der Waals surface area contributed by atoms with Crippen molar-refractivity contribution in [1.82, 2.24) is 20.1 Å². The summed E-state index contributed by atoms with van der Waals surface area (Å²) in [5, 5.41) is 7.80. The summed E-state index contributed by atoms with van der Waals surface area (Å²) in [6.45, 7) is 3.11. The first-order valence-corrected chi connectivity index (χ1v) is 5.41. The van der Waals surface area contributed by atoms with Crippen molar-refractivity contribution >= 4 is 0 Å². The lowest BCUT2D eigenvalue weighted by molar-refractivity contribution is 0.630. The van der Waals surface area contributed by atoms with Crippen LogP contribution in [0.15, 0.2) is 0 Å². The largest absolute Gasteiger partial charge is 0.314 e. The summed E-state index contributed by atoms with van der Waals surface area (Å²) in [6, 6.07) is 0.786. The fourth-order valence-corrected chi connectivity index (χ4v) is 1.52. The van der Waals surface area contributed by atoms with Crippen molar-refractivity contribution < 1.29 is 0 Å². The average Bonchev–Trinajstić information content (AvgIpc) is 2.92. The maximum Gasteiger partial charge on any atom is 0.150 e. The Morgan fingerprint density at radius 3 is 2.86 bits per heavy atom. The number of aromatic nitrogens is 3. The van der Waals surface area contributed by atoms with E-state index in [4.69, 9.17) is 0 Å². The van der Waals surface area contributed by atoms with Gasteiger partial charge in [0.25, 0.3) is 0 Å². The Hall–Kier alpha value is -0.900. The third-order valence-corrected chi connectivity index (χ3v) is 2.57. The SMILES string of the molecule is CCc1nc(CCNC2CC2)n(C)n1. The summed E-state index contributed by atoms with van der Waals surface area (Å²) in [7, 11) is 1.97. The molecular weight excluding hydrogens is 176 g/mol. The van der Waals surface area contributed by atoms with Crippen LogP contribution in [0, 0.1) is 0 Å². The quantitative estimate of drug-likeness (QED) is 0.749. The lowest BCUT2D eigenvalue weighted by atomic mass is 10.4. The molecule has 0 radical (unpaired) electrons. The number of nitrogens with one attached hydrogen (secondary N) is 1. The summed E-state index contributed by atoms with van der Waals surface area (Å²) in [5.41, 5.74) is 0. The summed E-state index contributed by atoms with van der Waals surface area (Å²) < 4.78 is 1.90. The molecule has 1 aliphatic rings. The number of aryl methyl sites for hydroxylation is 2. The van der Waals surface area contributed by atoms with E-state index >= 15 is 0 Å². The van der Waals surface area contributed by atoms with Gasteiger partial charge in [0.15, 0.2) is 5.82 Å². The minimum atomic E-state index is 0.786. The topological polar surface area (TPSA) is 42.7 Å². The second kappa shape index (κ2) is 4.09. The van der Waals surface area contributed by atoms with Crippen LogP contribution < -0.4 is 5.32 Å². The zero-order valence-corrected chi connectivity index (χ0v) is 8.95. The van der Waals surface area contributed by atoms with E-state index in [0.717, 1.165) is 37.1 Å². The van der Waals surface area contributed by atoms with E-state index in [1.165, 1.54) is 12.8 Å². The lowest BCUT2D eigenvalue weighted by Crippen LogP contribution is -2.20. The van der Waals surface area contributed by atoms with Crippen molar-refractivity contribution in [2.24, 2.45) is 7.05 Å². The molecule has 1 fully saturated rings. The van der Waals surface area contributed by atoms with E-state index in [2.05, 4.69) is 22.3 Å². The molecule has 1 saturated carbocycles. The Morgan fingerprint density at radius 1 is 1.50 bits per heavy atom. The Morgan fingerprint density at radius 2 is 2.29 bits per heavy atom. The molecule has 1 aromatic rings. The van der Waals surface area contributed by atoms with Crippen LogP contribution in [0.3, 0.4) is 0 Å². The van der Waals surface area contributed by atoms with Gasteiger partial charge in [0.1, 0.15) is 5.82 Å². The number of hydrogen-bond donors (Lipinski definition) is 1. The molecule has 0 aliphatic heterocycles. The van der Waals surface area contributed by atoms with Crippen molar-refractivity contribution in [3.05, 3.63) is 11.6 Å². The summed E-state index contributed by atoms with van der Waals surface area (Å²) in [5.74, 6) is 2.05. The molecule has 2 rings (SSSR count). The molecule has 4 heteroatoms. The molecule has 0 saturated heterocycles. The van der Waals surface area contributed by atoms with Gasteiger partial charge in [-0.2, -0.15) is 5.10 Å². The second-order valence-electron chi connectivity index (χ2n) is 3.90. The maximum atomic E-state index is 4.46. The highest BCUT2D eigenvalue weighted by Crippen LogP contribution is 2.18. The molecule has 78 valence electrons. The van der Waals surface area contributed by atoms with E-state index in [9.17, 15) is 0 Å². The molecule has 0 bridgehead atoms. The lowest BCUT2D eigenvalue weighted by Gasteiger charge is -2.01. The van der Waals surface area contributed by atoms with Crippen molar-refractivity contribution in [2.75, 3.05) is 6.54 Å². The molecule has 1 N–H and O–H groups in total. The van der Waals surface area contributed by atoms with Crippen LogP contribution in [-0.2, 0) is 19.9 Å². The normalized spacial score (nSPS) is 16.1. The van der Waals surface area contributed by atoms with Gasteiger partial charge >= 0.3 is 0 Å².